The van der Waals surface area contributed by atoms with Crippen molar-refractivity contribution in [3.63, 3.8) is 0 Å². The third kappa shape index (κ3) is 6.20. The highest BCUT2D eigenvalue weighted by Gasteiger charge is 2.15. The average molecular weight is 328 g/mol. The van der Waals surface area contributed by atoms with E-state index < -0.39 is 0 Å². The maximum absolute atomic E-state index is 12.1. The van der Waals surface area contributed by atoms with Crippen LogP contribution < -0.4 is 5.32 Å². The lowest BCUT2D eigenvalue weighted by Crippen LogP contribution is -2.44. The maximum Gasteiger partial charge on any atom is 0.220 e. The van der Waals surface area contributed by atoms with Gasteiger partial charge in [-0.2, -0.15) is 0 Å². The van der Waals surface area contributed by atoms with E-state index in [9.17, 15) is 4.79 Å². The summed E-state index contributed by atoms with van der Waals surface area (Å²) in [6.45, 7) is 8.16. The quantitative estimate of drug-likeness (QED) is 0.764. The van der Waals surface area contributed by atoms with E-state index in [1.54, 1.807) is 6.26 Å². The Kier molecular flexibility index (Phi) is 7.07. The van der Waals surface area contributed by atoms with Crippen LogP contribution >= 0.6 is 0 Å². The minimum atomic E-state index is 0.0716. The third-order valence-corrected chi connectivity index (χ3v) is 4.05. The topological polar surface area (TPSA) is 45.5 Å². The van der Waals surface area contributed by atoms with Crippen LogP contribution in [0.3, 0.4) is 0 Å². The van der Waals surface area contributed by atoms with Crippen molar-refractivity contribution in [2.75, 3.05) is 6.54 Å². The molecule has 4 heteroatoms. The normalized spacial score (nSPS) is 12.5. The second kappa shape index (κ2) is 9.28. The molecule has 1 N–H and O–H groups in total. The molecule has 4 nitrogen and oxygen atoms in total. The molecule has 1 unspecified atom stereocenters. The Morgan fingerprint density at radius 2 is 1.88 bits per heavy atom. The highest BCUT2D eigenvalue weighted by atomic mass is 16.3. The summed E-state index contributed by atoms with van der Waals surface area (Å²) in [5, 5.41) is 3.09. The fourth-order valence-corrected chi connectivity index (χ4v) is 2.71. The molecule has 0 bridgehead atoms. The van der Waals surface area contributed by atoms with Crippen molar-refractivity contribution < 1.29 is 9.21 Å². The van der Waals surface area contributed by atoms with Crippen LogP contribution in [-0.2, 0) is 17.8 Å². The molecule has 0 spiro atoms. The molecule has 130 valence electrons. The highest BCUT2D eigenvalue weighted by Crippen LogP contribution is 2.09. The number of benzene rings is 1. The molecule has 0 saturated heterocycles. The van der Waals surface area contributed by atoms with Gasteiger partial charge in [0.1, 0.15) is 5.76 Å². The number of hydrogen-bond donors (Lipinski definition) is 1. The first kappa shape index (κ1) is 18.3. The van der Waals surface area contributed by atoms with Gasteiger partial charge >= 0.3 is 0 Å². The minimum Gasteiger partial charge on any atom is -0.469 e. The van der Waals surface area contributed by atoms with Gasteiger partial charge in [0.15, 0.2) is 0 Å². The highest BCUT2D eigenvalue weighted by molar-refractivity contribution is 5.76. The van der Waals surface area contributed by atoms with Gasteiger partial charge in [0.2, 0.25) is 5.91 Å². The molecule has 1 amide bonds. The molecule has 0 fully saturated rings. The Bertz CT molecular complexity index is 593. The number of nitrogens with zero attached hydrogens (tertiary/aromatic N) is 1. The van der Waals surface area contributed by atoms with Crippen LogP contribution in [0.25, 0.3) is 0 Å². The van der Waals surface area contributed by atoms with E-state index >= 15 is 0 Å². The second-order valence-electron chi connectivity index (χ2n) is 6.56. The van der Waals surface area contributed by atoms with Crippen molar-refractivity contribution >= 4 is 5.91 Å². The van der Waals surface area contributed by atoms with E-state index in [-0.39, 0.29) is 11.9 Å². The Morgan fingerprint density at radius 3 is 2.50 bits per heavy atom. The molecular formula is C20H28N2O2. The summed E-state index contributed by atoms with van der Waals surface area (Å²) in [4.78, 5) is 14.5. The number of aryl methyl sites for hydroxylation is 1. The van der Waals surface area contributed by atoms with Crippen LogP contribution in [-0.4, -0.2) is 29.4 Å². The Morgan fingerprint density at radius 1 is 1.12 bits per heavy atom. The van der Waals surface area contributed by atoms with Gasteiger partial charge in [0.25, 0.3) is 0 Å². The van der Waals surface area contributed by atoms with Crippen molar-refractivity contribution in [3.05, 3.63) is 60.1 Å². The number of furan rings is 1. The molecule has 24 heavy (non-hydrogen) atoms. The molecule has 1 aromatic carbocycles. The van der Waals surface area contributed by atoms with Gasteiger partial charge in [-0.3, -0.25) is 9.69 Å². The van der Waals surface area contributed by atoms with Gasteiger partial charge in [-0.05, 0) is 38.5 Å². The first-order valence-electron chi connectivity index (χ1n) is 8.64. The van der Waals surface area contributed by atoms with Crippen molar-refractivity contribution in [2.24, 2.45) is 0 Å². The zero-order valence-electron chi connectivity index (χ0n) is 14.9. The molecule has 0 aliphatic carbocycles. The van der Waals surface area contributed by atoms with Gasteiger partial charge in [0.05, 0.1) is 6.26 Å². The summed E-state index contributed by atoms with van der Waals surface area (Å²) in [5.41, 5.74) is 1.29. The molecular weight excluding hydrogens is 300 g/mol. The van der Waals surface area contributed by atoms with Gasteiger partial charge < -0.3 is 9.73 Å². The largest absolute Gasteiger partial charge is 0.469 e. The lowest BCUT2D eigenvalue weighted by molar-refractivity contribution is -0.121. The smallest absolute Gasteiger partial charge is 0.220 e. The average Bonchev–Trinajstić information content (AvgIpc) is 3.06. The van der Waals surface area contributed by atoms with Crippen LogP contribution in [0, 0.1) is 0 Å². The summed E-state index contributed by atoms with van der Waals surface area (Å²) in [5.74, 6) is 0.924. The zero-order valence-corrected chi connectivity index (χ0v) is 14.9. The molecule has 1 atom stereocenters. The van der Waals surface area contributed by atoms with E-state index in [1.807, 2.05) is 18.2 Å². The number of rotatable bonds is 9. The first-order valence-corrected chi connectivity index (χ1v) is 8.64. The van der Waals surface area contributed by atoms with Crippen LogP contribution in [0.2, 0.25) is 0 Å². The third-order valence-electron chi connectivity index (χ3n) is 4.05. The van der Waals surface area contributed by atoms with E-state index in [4.69, 9.17) is 4.42 Å². The van der Waals surface area contributed by atoms with Gasteiger partial charge in [-0.1, -0.05) is 30.3 Å². The first-order chi connectivity index (χ1) is 11.5. The van der Waals surface area contributed by atoms with Gasteiger partial charge in [0, 0.05) is 38.0 Å². The molecule has 0 saturated carbocycles. The van der Waals surface area contributed by atoms with Crippen LogP contribution in [0.5, 0.6) is 0 Å². The van der Waals surface area contributed by atoms with Crippen LogP contribution in [0.15, 0.2) is 53.1 Å². The van der Waals surface area contributed by atoms with Gasteiger partial charge in [-0.15, -0.1) is 0 Å². The van der Waals surface area contributed by atoms with E-state index in [0.717, 1.165) is 18.8 Å². The van der Waals surface area contributed by atoms with Crippen LogP contribution in [0.1, 0.15) is 38.5 Å². The van der Waals surface area contributed by atoms with Crippen molar-refractivity contribution in [1.29, 1.82) is 0 Å². The number of amides is 1. The molecule has 2 rings (SSSR count). The minimum absolute atomic E-state index is 0.0716. The standard InChI is InChI=1S/C20H28N2O2/c1-16(2)22(15-18-8-5-4-6-9-18)14-17(3)21-20(23)12-11-19-10-7-13-24-19/h4-10,13,16-17H,11-12,14-15H2,1-3H3,(H,21,23). The van der Waals surface area contributed by atoms with E-state index in [2.05, 4.69) is 55.3 Å². The van der Waals surface area contributed by atoms with Crippen molar-refractivity contribution in [1.82, 2.24) is 10.2 Å². The monoisotopic (exact) mass is 328 g/mol. The summed E-state index contributed by atoms with van der Waals surface area (Å²) in [6, 6.07) is 14.7. The summed E-state index contributed by atoms with van der Waals surface area (Å²) < 4.78 is 5.26. The molecule has 2 aromatic rings. The maximum atomic E-state index is 12.1. The SMILES string of the molecule is CC(CN(Cc1ccccc1)C(C)C)NC(=O)CCc1ccco1. The second-order valence-corrected chi connectivity index (χ2v) is 6.56. The predicted molar refractivity (Wildman–Crippen MR) is 96.6 cm³/mol. The van der Waals surface area contributed by atoms with Crippen molar-refractivity contribution in [2.45, 2.75) is 52.2 Å². The number of carbonyl (C=O) groups excluding carboxylic acids is 1. The Balaban J connectivity index is 1.79. The molecule has 0 radical (unpaired) electrons. The van der Waals surface area contributed by atoms with E-state index in [0.29, 0.717) is 18.9 Å². The molecule has 1 aromatic heterocycles. The van der Waals surface area contributed by atoms with E-state index in [1.165, 1.54) is 5.56 Å². The number of hydrogen-bond acceptors (Lipinski definition) is 3. The summed E-state index contributed by atoms with van der Waals surface area (Å²) >= 11 is 0. The van der Waals surface area contributed by atoms with Crippen molar-refractivity contribution in [3.8, 4) is 0 Å². The lowest BCUT2D eigenvalue weighted by Gasteiger charge is -2.29. The predicted octanol–water partition coefficient (Wildman–Crippen LogP) is 3.63. The Hall–Kier alpha value is -2.07. The van der Waals surface area contributed by atoms with Gasteiger partial charge in [-0.25, -0.2) is 0 Å². The lowest BCUT2D eigenvalue weighted by atomic mass is 10.1. The fraction of sp³-hybridized carbons (Fsp3) is 0.450. The number of nitrogens with one attached hydrogen (secondary N) is 1. The molecule has 0 aliphatic rings. The summed E-state index contributed by atoms with van der Waals surface area (Å²) in [7, 11) is 0. The summed E-state index contributed by atoms with van der Waals surface area (Å²) in [6.07, 6.45) is 2.74. The van der Waals surface area contributed by atoms with Crippen LogP contribution in [0.4, 0.5) is 0 Å². The Labute approximate surface area is 144 Å². The molecule has 1 heterocycles. The molecule has 0 aliphatic heterocycles. The zero-order chi connectivity index (χ0) is 17.4. The number of carbonyl (C=O) groups is 1. The fourth-order valence-electron chi connectivity index (χ4n) is 2.71.